The van der Waals surface area contributed by atoms with Crippen molar-refractivity contribution in [3.63, 3.8) is 0 Å². The van der Waals surface area contributed by atoms with E-state index >= 15 is 0 Å². The summed E-state index contributed by atoms with van der Waals surface area (Å²) in [7, 11) is 0. The normalized spacial score (nSPS) is 12.7. The first-order valence-corrected chi connectivity index (χ1v) is 5.65. The number of aryl methyl sites for hydroxylation is 1. The molecule has 1 unspecified atom stereocenters. The molecule has 0 saturated heterocycles. The summed E-state index contributed by atoms with van der Waals surface area (Å²) in [5.41, 5.74) is 2.41. The van der Waals surface area contributed by atoms with Crippen molar-refractivity contribution >= 4 is 11.6 Å². The maximum atomic E-state index is 5.77. The van der Waals surface area contributed by atoms with Crippen LogP contribution in [-0.2, 0) is 5.88 Å². The molecule has 0 spiro atoms. The Morgan fingerprint density at radius 3 is 2.62 bits per heavy atom. The molecule has 16 heavy (non-hydrogen) atoms. The van der Waals surface area contributed by atoms with Gasteiger partial charge in [-0.2, -0.15) is 0 Å². The van der Waals surface area contributed by atoms with Gasteiger partial charge in [-0.05, 0) is 29.8 Å². The van der Waals surface area contributed by atoms with Crippen LogP contribution in [0.2, 0.25) is 0 Å². The van der Waals surface area contributed by atoms with E-state index < -0.39 is 0 Å². The molecule has 0 aliphatic rings. The van der Waals surface area contributed by atoms with Crippen LogP contribution in [0.3, 0.4) is 0 Å². The largest absolute Gasteiger partial charge is 0.221 e. The Kier molecular flexibility index (Phi) is 3.19. The third kappa shape index (κ3) is 2.07. The molecule has 2 aromatic rings. The van der Waals surface area contributed by atoms with Crippen LogP contribution in [0.5, 0.6) is 0 Å². The molecule has 0 amide bonds. The minimum Gasteiger partial charge on any atom is -0.221 e. The molecule has 5 heteroatoms. The van der Waals surface area contributed by atoms with Crippen molar-refractivity contribution in [1.82, 2.24) is 20.2 Å². The maximum absolute atomic E-state index is 5.77. The SMILES string of the molecule is Cc1ccc(C(C)n2nnnc2CCl)cc1. The van der Waals surface area contributed by atoms with Crippen molar-refractivity contribution in [3.05, 3.63) is 41.2 Å². The van der Waals surface area contributed by atoms with Gasteiger partial charge in [0.05, 0.1) is 11.9 Å². The highest BCUT2D eigenvalue weighted by Crippen LogP contribution is 2.18. The second-order valence-electron chi connectivity index (χ2n) is 3.76. The number of alkyl halides is 1. The van der Waals surface area contributed by atoms with Gasteiger partial charge in [0.2, 0.25) is 0 Å². The van der Waals surface area contributed by atoms with E-state index in [1.54, 1.807) is 4.68 Å². The Morgan fingerprint density at radius 1 is 1.31 bits per heavy atom. The summed E-state index contributed by atoms with van der Waals surface area (Å²) < 4.78 is 1.75. The van der Waals surface area contributed by atoms with Crippen molar-refractivity contribution in [1.29, 1.82) is 0 Å². The van der Waals surface area contributed by atoms with E-state index in [4.69, 9.17) is 11.6 Å². The van der Waals surface area contributed by atoms with Crippen LogP contribution < -0.4 is 0 Å². The van der Waals surface area contributed by atoms with E-state index in [2.05, 4.69) is 53.6 Å². The van der Waals surface area contributed by atoms with Crippen molar-refractivity contribution < 1.29 is 0 Å². The first kappa shape index (κ1) is 11.1. The molecule has 0 aliphatic carbocycles. The van der Waals surface area contributed by atoms with Crippen LogP contribution >= 0.6 is 11.6 Å². The molecule has 4 nitrogen and oxygen atoms in total. The van der Waals surface area contributed by atoms with Gasteiger partial charge < -0.3 is 0 Å². The number of halogens is 1. The summed E-state index contributed by atoms with van der Waals surface area (Å²) in [4.78, 5) is 0. The number of aromatic nitrogens is 4. The predicted octanol–water partition coefficient (Wildman–Crippen LogP) is 2.33. The van der Waals surface area contributed by atoms with Gasteiger partial charge in [-0.3, -0.25) is 0 Å². The van der Waals surface area contributed by atoms with Crippen molar-refractivity contribution in [2.24, 2.45) is 0 Å². The van der Waals surface area contributed by atoms with Gasteiger partial charge >= 0.3 is 0 Å². The Bertz CT molecular complexity index is 463. The lowest BCUT2D eigenvalue weighted by Crippen LogP contribution is -2.11. The van der Waals surface area contributed by atoms with Crippen LogP contribution in [0.25, 0.3) is 0 Å². The van der Waals surface area contributed by atoms with E-state index in [1.165, 1.54) is 11.1 Å². The molecule has 0 aliphatic heterocycles. The van der Waals surface area contributed by atoms with E-state index in [0.717, 1.165) is 0 Å². The molecule has 84 valence electrons. The lowest BCUT2D eigenvalue weighted by atomic mass is 10.1. The van der Waals surface area contributed by atoms with Gasteiger partial charge in [0.1, 0.15) is 0 Å². The smallest absolute Gasteiger partial charge is 0.166 e. The zero-order valence-electron chi connectivity index (χ0n) is 9.26. The van der Waals surface area contributed by atoms with E-state index in [9.17, 15) is 0 Å². The molecule has 1 aromatic carbocycles. The zero-order chi connectivity index (χ0) is 11.5. The van der Waals surface area contributed by atoms with Crippen LogP contribution in [0.1, 0.15) is 29.9 Å². The minimum atomic E-state index is 0.101. The molecule has 1 aromatic heterocycles. The Labute approximate surface area is 99.2 Å². The fourth-order valence-electron chi connectivity index (χ4n) is 1.59. The van der Waals surface area contributed by atoms with E-state index in [0.29, 0.717) is 11.7 Å². The summed E-state index contributed by atoms with van der Waals surface area (Å²) in [5.74, 6) is 1.01. The second kappa shape index (κ2) is 4.61. The summed E-state index contributed by atoms with van der Waals surface area (Å²) >= 11 is 5.77. The highest BCUT2D eigenvalue weighted by molar-refractivity contribution is 6.16. The average molecular weight is 237 g/mol. The highest BCUT2D eigenvalue weighted by atomic mass is 35.5. The quantitative estimate of drug-likeness (QED) is 0.769. The Hall–Kier alpha value is -1.42. The summed E-state index contributed by atoms with van der Waals surface area (Å²) in [5, 5.41) is 11.5. The first-order chi connectivity index (χ1) is 7.72. The third-order valence-corrected chi connectivity index (χ3v) is 2.85. The van der Waals surface area contributed by atoms with Crippen LogP contribution in [0.15, 0.2) is 24.3 Å². The Morgan fingerprint density at radius 2 is 2.00 bits per heavy atom. The molecule has 1 heterocycles. The topological polar surface area (TPSA) is 43.6 Å². The van der Waals surface area contributed by atoms with Gasteiger partial charge in [-0.15, -0.1) is 16.7 Å². The summed E-state index contributed by atoms with van der Waals surface area (Å²) in [6.07, 6.45) is 0. The van der Waals surface area contributed by atoms with Gasteiger partial charge in [-0.25, -0.2) is 4.68 Å². The van der Waals surface area contributed by atoms with Crippen LogP contribution in [0, 0.1) is 6.92 Å². The molecule has 0 saturated carbocycles. The second-order valence-corrected chi connectivity index (χ2v) is 4.03. The fraction of sp³-hybridized carbons (Fsp3) is 0.364. The summed E-state index contributed by atoms with van der Waals surface area (Å²) in [6.45, 7) is 4.12. The number of hydrogen-bond acceptors (Lipinski definition) is 3. The van der Waals surface area contributed by atoms with Crippen molar-refractivity contribution in [3.8, 4) is 0 Å². The highest BCUT2D eigenvalue weighted by Gasteiger charge is 2.13. The van der Waals surface area contributed by atoms with Gasteiger partial charge in [0, 0.05) is 0 Å². The van der Waals surface area contributed by atoms with Gasteiger partial charge in [-0.1, -0.05) is 29.8 Å². The Balaban J connectivity index is 2.31. The predicted molar refractivity (Wildman–Crippen MR) is 62.4 cm³/mol. The van der Waals surface area contributed by atoms with Gasteiger partial charge in [0.25, 0.3) is 0 Å². The molecule has 2 rings (SSSR count). The molecule has 0 radical (unpaired) electrons. The average Bonchev–Trinajstić information content (AvgIpc) is 2.77. The summed E-state index contributed by atoms with van der Waals surface area (Å²) in [6, 6.07) is 8.43. The van der Waals surface area contributed by atoms with Crippen molar-refractivity contribution in [2.45, 2.75) is 25.8 Å². The van der Waals surface area contributed by atoms with E-state index in [1.807, 2.05) is 0 Å². The molecular weight excluding hydrogens is 224 g/mol. The molecule has 0 fully saturated rings. The van der Waals surface area contributed by atoms with Crippen LogP contribution in [-0.4, -0.2) is 20.2 Å². The monoisotopic (exact) mass is 236 g/mol. The maximum Gasteiger partial charge on any atom is 0.166 e. The lowest BCUT2D eigenvalue weighted by Gasteiger charge is -2.13. The van der Waals surface area contributed by atoms with E-state index in [-0.39, 0.29) is 6.04 Å². The third-order valence-electron chi connectivity index (χ3n) is 2.61. The van der Waals surface area contributed by atoms with Crippen LogP contribution in [0.4, 0.5) is 0 Å². The van der Waals surface area contributed by atoms with Crippen molar-refractivity contribution in [2.75, 3.05) is 0 Å². The fourth-order valence-corrected chi connectivity index (χ4v) is 1.76. The lowest BCUT2D eigenvalue weighted by molar-refractivity contribution is 0.528. The molecule has 0 bridgehead atoms. The number of tetrazole rings is 1. The number of hydrogen-bond donors (Lipinski definition) is 0. The molecule has 1 atom stereocenters. The standard InChI is InChI=1S/C11H13ClN4/c1-8-3-5-10(6-4-8)9(2)16-11(7-12)13-14-15-16/h3-6,9H,7H2,1-2H3. The number of rotatable bonds is 3. The van der Waals surface area contributed by atoms with Gasteiger partial charge in [0.15, 0.2) is 5.82 Å². The zero-order valence-corrected chi connectivity index (χ0v) is 10.0. The molecular formula is C11H13ClN4. The number of nitrogens with zero attached hydrogens (tertiary/aromatic N) is 4. The first-order valence-electron chi connectivity index (χ1n) is 5.11. The molecule has 0 N–H and O–H groups in total. The minimum absolute atomic E-state index is 0.101. The number of benzene rings is 1.